The summed E-state index contributed by atoms with van der Waals surface area (Å²) in [7, 11) is 0. The van der Waals surface area contributed by atoms with E-state index in [1.165, 1.54) is 19.1 Å². The first-order valence-corrected chi connectivity index (χ1v) is 10.6. The predicted molar refractivity (Wildman–Crippen MR) is 115 cm³/mol. The number of hydrogen-bond donors (Lipinski definition) is 2. The number of aromatic nitrogens is 1. The van der Waals surface area contributed by atoms with Gasteiger partial charge in [-0.15, -0.1) is 0 Å². The normalized spacial score (nSPS) is 21.3. The van der Waals surface area contributed by atoms with Gasteiger partial charge in [0, 0.05) is 31.7 Å². The molecule has 182 valence electrons. The Labute approximate surface area is 198 Å². The maximum atomic E-state index is 14.5. The second-order valence-corrected chi connectivity index (χ2v) is 8.88. The van der Waals surface area contributed by atoms with Gasteiger partial charge in [-0.3, -0.25) is 9.69 Å². The lowest BCUT2D eigenvalue weighted by Gasteiger charge is -2.58. The zero-order valence-corrected chi connectivity index (χ0v) is 18.5. The molecule has 3 aliphatic heterocycles. The van der Waals surface area contributed by atoms with Gasteiger partial charge in [-0.05, 0) is 37.6 Å². The van der Waals surface area contributed by atoms with E-state index < -0.39 is 34.8 Å². The lowest BCUT2D eigenvalue weighted by atomic mass is 9.85. The molecule has 35 heavy (non-hydrogen) atoms. The highest BCUT2D eigenvalue weighted by Crippen LogP contribution is 2.39. The molecule has 2 unspecified atom stereocenters. The fraction of sp³-hybridized carbons (Fsp3) is 0.391. The van der Waals surface area contributed by atoms with E-state index in [-0.39, 0.29) is 29.9 Å². The molecule has 3 saturated heterocycles. The van der Waals surface area contributed by atoms with Gasteiger partial charge in [-0.25, -0.2) is 9.37 Å². The minimum atomic E-state index is -4.84. The molecule has 2 bridgehead atoms. The number of nitrogens with one attached hydrogen (secondary N) is 1. The monoisotopic (exact) mass is 488 g/mol. The second-order valence-electron chi connectivity index (χ2n) is 8.88. The number of aliphatic hydroxyl groups is 1. The first kappa shape index (κ1) is 24.4. The summed E-state index contributed by atoms with van der Waals surface area (Å²) in [6, 6.07) is 8.03. The maximum Gasteiger partial charge on any atom is 0.419 e. The van der Waals surface area contributed by atoms with Crippen LogP contribution < -0.4 is 10.2 Å². The summed E-state index contributed by atoms with van der Waals surface area (Å²) in [5, 5.41) is 30.8. The summed E-state index contributed by atoms with van der Waals surface area (Å²) in [6.45, 7) is 2.04. The van der Waals surface area contributed by atoms with Crippen LogP contribution in [0.25, 0.3) is 0 Å². The molecular weight excluding hydrogens is 468 g/mol. The SMILES string of the molecule is C[C@](O)(CN1CC2CC(C1)N2c1ccc(C#N)cc1F)C(=O)Nc1cnc(C#N)c(C(F)(F)F)c1. The number of carbonyl (C=O) groups excluding carboxylic acids is 1. The summed E-state index contributed by atoms with van der Waals surface area (Å²) in [5.41, 5.74) is -3.74. The van der Waals surface area contributed by atoms with Crippen molar-refractivity contribution in [2.75, 3.05) is 29.9 Å². The van der Waals surface area contributed by atoms with Crippen LogP contribution in [-0.4, -0.2) is 58.2 Å². The zero-order valence-electron chi connectivity index (χ0n) is 18.5. The van der Waals surface area contributed by atoms with Gasteiger partial charge in [-0.1, -0.05) is 0 Å². The van der Waals surface area contributed by atoms with Crippen LogP contribution in [0.4, 0.5) is 28.9 Å². The van der Waals surface area contributed by atoms with E-state index in [2.05, 4.69) is 10.3 Å². The highest BCUT2D eigenvalue weighted by Gasteiger charge is 2.47. The van der Waals surface area contributed by atoms with Crippen LogP contribution in [0.3, 0.4) is 0 Å². The van der Waals surface area contributed by atoms with Crippen LogP contribution in [0.5, 0.6) is 0 Å². The van der Waals surface area contributed by atoms with E-state index in [0.717, 1.165) is 12.6 Å². The topological polar surface area (TPSA) is 116 Å². The summed E-state index contributed by atoms with van der Waals surface area (Å²) < 4.78 is 53.9. The Morgan fingerprint density at radius 3 is 2.49 bits per heavy atom. The number of piperidine rings is 1. The highest BCUT2D eigenvalue weighted by molar-refractivity contribution is 5.97. The van der Waals surface area contributed by atoms with Crippen LogP contribution in [0.15, 0.2) is 30.5 Å². The minimum Gasteiger partial charge on any atom is -0.379 e. The Morgan fingerprint density at radius 1 is 1.23 bits per heavy atom. The lowest BCUT2D eigenvalue weighted by molar-refractivity contribution is -0.138. The highest BCUT2D eigenvalue weighted by atomic mass is 19.4. The molecule has 0 saturated carbocycles. The number of piperazine rings is 1. The van der Waals surface area contributed by atoms with Crippen molar-refractivity contribution < 1.29 is 27.5 Å². The molecule has 1 amide bonds. The van der Waals surface area contributed by atoms with Gasteiger partial charge >= 0.3 is 6.18 Å². The zero-order chi connectivity index (χ0) is 25.5. The first-order chi connectivity index (χ1) is 16.4. The molecule has 8 nitrogen and oxygen atoms in total. The molecule has 5 rings (SSSR count). The van der Waals surface area contributed by atoms with Crippen molar-refractivity contribution in [3.8, 4) is 12.1 Å². The average Bonchev–Trinajstić information content (AvgIpc) is 2.79. The fourth-order valence-electron chi connectivity index (χ4n) is 4.62. The van der Waals surface area contributed by atoms with E-state index in [9.17, 15) is 27.5 Å². The predicted octanol–water partition coefficient (Wildman–Crippen LogP) is 2.64. The van der Waals surface area contributed by atoms with Gasteiger partial charge in [0.15, 0.2) is 11.3 Å². The molecule has 3 aliphatic rings. The number of amides is 1. The third-order valence-electron chi connectivity index (χ3n) is 6.20. The molecule has 2 N–H and O–H groups in total. The van der Waals surface area contributed by atoms with E-state index >= 15 is 0 Å². The van der Waals surface area contributed by atoms with E-state index in [4.69, 9.17) is 10.5 Å². The Balaban J connectivity index is 1.41. The molecule has 3 fully saturated rings. The Bertz CT molecular complexity index is 1240. The number of anilines is 2. The Morgan fingerprint density at radius 2 is 1.91 bits per heavy atom. The number of alkyl halides is 3. The van der Waals surface area contributed by atoms with Gasteiger partial charge in [0.1, 0.15) is 11.9 Å². The van der Waals surface area contributed by atoms with Gasteiger partial charge in [0.2, 0.25) is 0 Å². The van der Waals surface area contributed by atoms with Gasteiger partial charge in [-0.2, -0.15) is 23.7 Å². The number of pyridine rings is 1. The number of halogens is 4. The number of fused-ring (bicyclic) bond motifs is 2. The van der Waals surface area contributed by atoms with E-state index in [1.807, 2.05) is 15.9 Å². The summed E-state index contributed by atoms with van der Waals surface area (Å²) in [4.78, 5) is 19.9. The van der Waals surface area contributed by atoms with Crippen LogP contribution >= 0.6 is 0 Å². The molecular formula is C23H20F4N6O2. The summed E-state index contributed by atoms with van der Waals surface area (Å²) in [5.74, 6) is -1.42. The summed E-state index contributed by atoms with van der Waals surface area (Å²) >= 11 is 0. The molecule has 4 heterocycles. The van der Waals surface area contributed by atoms with Crippen molar-refractivity contribution in [1.82, 2.24) is 9.88 Å². The van der Waals surface area contributed by atoms with Crippen molar-refractivity contribution in [2.24, 2.45) is 0 Å². The number of nitrogens with zero attached hydrogens (tertiary/aromatic N) is 5. The van der Waals surface area contributed by atoms with Crippen LogP contribution in [0.1, 0.15) is 30.2 Å². The van der Waals surface area contributed by atoms with Crippen molar-refractivity contribution in [1.29, 1.82) is 10.5 Å². The maximum absolute atomic E-state index is 14.5. The number of rotatable bonds is 5. The van der Waals surface area contributed by atoms with Crippen LogP contribution in [0, 0.1) is 28.5 Å². The van der Waals surface area contributed by atoms with Crippen molar-refractivity contribution >= 4 is 17.3 Å². The van der Waals surface area contributed by atoms with E-state index in [1.54, 1.807) is 12.1 Å². The van der Waals surface area contributed by atoms with Gasteiger partial charge in [0.25, 0.3) is 5.91 Å². The quantitative estimate of drug-likeness (QED) is 0.622. The molecule has 2 aromatic rings. The molecule has 0 spiro atoms. The number of benzene rings is 1. The van der Waals surface area contributed by atoms with Crippen LogP contribution in [0.2, 0.25) is 0 Å². The first-order valence-electron chi connectivity index (χ1n) is 10.6. The van der Waals surface area contributed by atoms with Crippen molar-refractivity contribution in [3.05, 3.63) is 53.1 Å². The number of carbonyl (C=O) groups is 1. The second kappa shape index (κ2) is 8.80. The third kappa shape index (κ3) is 4.76. The van der Waals surface area contributed by atoms with Crippen LogP contribution in [-0.2, 0) is 11.0 Å². The standard InChI is InChI=1S/C23H20F4N6O2/c1-22(35,21(34)31-14-5-17(23(25,26)27)19(8-29)30-9-14)12-32-10-15-6-16(11-32)33(15)20-3-2-13(7-28)4-18(20)24/h2-5,9,15-16,35H,6,10-12H2,1H3,(H,31,34)/t15?,16?,22-/m0/s1. The van der Waals surface area contributed by atoms with E-state index in [0.29, 0.717) is 24.8 Å². The lowest BCUT2D eigenvalue weighted by Crippen LogP contribution is -2.70. The Hall–Kier alpha value is -3.74. The molecule has 0 aliphatic carbocycles. The molecule has 3 atom stereocenters. The third-order valence-corrected chi connectivity index (χ3v) is 6.20. The number of nitriles is 2. The molecule has 1 aromatic carbocycles. The summed E-state index contributed by atoms with van der Waals surface area (Å²) in [6.07, 6.45) is -3.11. The van der Waals surface area contributed by atoms with Gasteiger partial charge < -0.3 is 15.3 Å². The smallest absolute Gasteiger partial charge is 0.379 e. The molecule has 12 heteroatoms. The Kier molecular flexibility index (Phi) is 6.13. The number of hydrogen-bond acceptors (Lipinski definition) is 7. The minimum absolute atomic E-state index is 0.0490. The molecule has 1 aromatic heterocycles. The van der Waals surface area contributed by atoms with Gasteiger partial charge in [0.05, 0.1) is 34.8 Å². The van der Waals surface area contributed by atoms with Crippen molar-refractivity contribution in [3.63, 3.8) is 0 Å². The fourth-order valence-corrected chi connectivity index (χ4v) is 4.62. The van der Waals surface area contributed by atoms with Crippen molar-refractivity contribution in [2.45, 2.75) is 37.2 Å². The molecule has 0 radical (unpaired) electrons. The largest absolute Gasteiger partial charge is 0.419 e. The average molecular weight is 488 g/mol.